The molecule has 2 N–H and O–H groups in total. The molecule has 0 saturated heterocycles. The van der Waals surface area contributed by atoms with Crippen LogP contribution in [0.4, 0.5) is 4.39 Å². The molecule has 0 radical (unpaired) electrons. The van der Waals surface area contributed by atoms with Crippen LogP contribution in [-0.4, -0.2) is 21.6 Å². The van der Waals surface area contributed by atoms with E-state index in [1.165, 1.54) is 24.3 Å². The summed E-state index contributed by atoms with van der Waals surface area (Å²) in [4.78, 5) is 24.2. The van der Waals surface area contributed by atoms with Crippen molar-refractivity contribution in [2.45, 2.75) is 19.5 Å². The van der Waals surface area contributed by atoms with Gasteiger partial charge < -0.3 is 15.0 Å². The number of nitrogens with zero attached hydrogens (tertiary/aromatic N) is 1. The molecule has 0 aliphatic carbocycles. The van der Waals surface area contributed by atoms with E-state index in [1.807, 2.05) is 22.9 Å². The predicted octanol–water partition coefficient (Wildman–Crippen LogP) is 5.67. The summed E-state index contributed by atoms with van der Waals surface area (Å²) < 4.78 is 16.2. The number of aromatic nitrogens is 1. The molecular formula is C25H20ClFN2O3. The lowest BCUT2D eigenvalue weighted by molar-refractivity contribution is 0.0696. The summed E-state index contributed by atoms with van der Waals surface area (Å²) in [5, 5.41) is 13.2. The largest absolute Gasteiger partial charge is 0.478 e. The Balaban J connectivity index is 1.63. The molecular weight excluding hydrogens is 431 g/mol. The Bertz CT molecular complexity index is 1300. The zero-order chi connectivity index (χ0) is 22.8. The third kappa shape index (κ3) is 4.50. The van der Waals surface area contributed by atoms with Crippen molar-refractivity contribution >= 4 is 34.4 Å². The fourth-order valence-electron chi connectivity index (χ4n) is 3.68. The van der Waals surface area contributed by atoms with Crippen LogP contribution in [-0.2, 0) is 6.54 Å². The maximum absolute atomic E-state index is 14.3. The van der Waals surface area contributed by atoms with Crippen LogP contribution in [0.25, 0.3) is 10.9 Å². The summed E-state index contributed by atoms with van der Waals surface area (Å²) in [5.74, 6) is -1.93. The van der Waals surface area contributed by atoms with Crippen molar-refractivity contribution in [3.8, 4) is 0 Å². The molecule has 0 aliphatic rings. The SMILES string of the molecule is C[C@H](NC(=O)c1cc(F)cc2ccn(Cc3ccc(Cl)cc3)c12)c1ccc(C(=O)O)cc1. The van der Waals surface area contributed by atoms with Crippen molar-refractivity contribution in [3.63, 3.8) is 0 Å². The van der Waals surface area contributed by atoms with Gasteiger partial charge in [-0.3, -0.25) is 4.79 Å². The van der Waals surface area contributed by atoms with Gasteiger partial charge in [-0.05, 0) is 60.5 Å². The van der Waals surface area contributed by atoms with E-state index in [-0.39, 0.29) is 11.1 Å². The average Bonchev–Trinajstić information content (AvgIpc) is 3.17. The summed E-state index contributed by atoms with van der Waals surface area (Å²) in [6.07, 6.45) is 1.82. The molecule has 5 nitrogen and oxygen atoms in total. The van der Waals surface area contributed by atoms with Gasteiger partial charge in [0.2, 0.25) is 0 Å². The van der Waals surface area contributed by atoms with Crippen LogP contribution in [0.3, 0.4) is 0 Å². The number of carboxylic acid groups (broad SMARTS) is 1. The van der Waals surface area contributed by atoms with Crippen molar-refractivity contribution in [2.24, 2.45) is 0 Å². The monoisotopic (exact) mass is 450 g/mol. The molecule has 3 aromatic carbocycles. The zero-order valence-corrected chi connectivity index (χ0v) is 17.9. The summed E-state index contributed by atoms with van der Waals surface area (Å²) in [6.45, 7) is 2.29. The molecule has 1 amide bonds. The molecule has 7 heteroatoms. The molecule has 1 atom stereocenters. The van der Waals surface area contributed by atoms with Crippen molar-refractivity contribution in [1.82, 2.24) is 9.88 Å². The first-order valence-electron chi connectivity index (χ1n) is 9.99. The molecule has 4 rings (SSSR count). The molecule has 0 spiro atoms. The van der Waals surface area contributed by atoms with Crippen LogP contribution >= 0.6 is 11.6 Å². The van der Waals surface area contributed by atoms with Crippen molar-refractivity contribution in [1.29, 1.82) is 0 Å². The first kappa shape index (κ1) is 21.6. The van der Waals surface area contributed by atoms with Gasteiger partial charge in [0.15, 0.2) is 0 Å². The van der Waals surface area contributed by atoms with E-state index < -0.39 is 23.7 Å². The second kappa shape index (κ2) is 8.85. The number of hydrogen-bond acceptors (Lipinski definition) is 2. The highest BCUT2D eigenvalue weighted by atomic mass is 35.5. The number of fused-ring (bicyclic) bond motifs is 1. The summed E-state index contributed by atoms with van der Waals surface area (Å²) in [6, 6.07) is 17.7. The van der Waals surface area contributed by atoms with Crippen molar-refractivity contribution < 1.29 is 19.1 Å². The molecule has 0 aliphatic heterocycles. The lowest BCUT2D eigenvalue weighted by atomic mass is 10.0. The van der Waals surface area contributed by atoms with E-state index in [1.54, 1.807) is 37.3 Å². The fourth-order valence-corrected chi connectivity index (χ4v) is 3.80. The van der Waals surface area contributed by atoms with Crippen LogP contribution in [0.5, 0.6) is 0 Å². The van der Waals surface area contributed by atoms with Crippen LogP contribution in [0, 0.1) is 5.82 Å². The fraction of sp³-hybridized carbons (Fsp3) is 0.120. The number of carbonyl (C=O) groups is 2. The van der Waals surface area contributed by atoms with Gasteiger partial charge in [0.1, 0.15) is 5.82 Å². The van der Waals surface area contributed by atoms with E-state index in [9.17, 15) is 14.0 Å². The van der Waals surface area contributed by atoms with Gasteiger partial charge in [-0.2, -0.15) is 0 Å². The highest BCUT2D eigenvalue weighted by Crippen LogP contribution is 2.25. The Morgan fingerprint density at radius 1 is 1.06 bits per heavy atom. The Labute approximate surface area is 189 Å². The van der Waals surface area contributed by atoms with Gasteiger partial charge in [-0.15, -0.1) is 0 Å². The third-order valence-electron chi connectivity index (χ3n) is 5.34. The number of rotatable bonds is 6. The van der Waals surface area contributed by atoms with E-state index in [4.69, 9.17) is 16.7 Å². The second-order valence-corrected chi connectivity index (χ2v) is 8.02. The number of hydrogen-bond donors (Lipinski definition) is 2. The molecule has 0 saturated carbocycles. The highest BCUT2D eigenvalue weighted by Gasteiger charge is 2.18. The van der Waals surface area contributed by atoms with Gasteiger partial charge in [0, 0.05) is 23.2 Å². The standard InChI is InChI=1S/C25H20ClFN2O3/c1-15(17-4-6-18(7-5-17)25(31)32)28-24(30)22-13-21(27)12-19-10-11-29(23(19)22)14-16-2-8-20(26)9-3-16/h2-13,15H,14H2,1H3,(H,28,30)(H,31,32)/t15-/m0/s1. The normalized spacial score (nSPS) is 12.0. The molecule has 0 fully saturated rings. The molecule has 32 heavy (non-hydrogen) atoms. The van der Waals surface area contributed by atoms with Gasteiger partial charge in [0.25, 0.3) is 5.91 Å². The van der Waals surface area contributed by atoms with Crippen LogP contribution in [0.1, 0.15) is 44.8 Å². The zero-order valence-electron chi connectivity index (χ0n) is 17.2. The number of halogens is 2. The number of carbonyl (C=O) groups excluding carboxylic acids is 1. The van der Waals surface area contributed by atoms with E-state index in [0.717, 1.165) is 11.1 Å². The second-order valence-electron chi connectivity index (χ2n) is 7.58. The summed E-state index contributed by atoms with van der Waals surface area (Å²) in [7, 11) is 0. The van der Waals surface area contributed by atoms with E-state index in [0.29, 0.717) is 22.5 Å². The lowest BCUT2D eigenvalue weighted by Crippen LogP contribution is -2.27. The van der Waals surface area contributed by atoms with Crippen LogP contribution in [0.2, 0.25) is 5.02 Å². The lowest BCUT2D eigenvalue weighted by Gasteiger charge is -2.16. The maximum atomic E-state index is 14.3. The first-order chi connectivity index (χ1) is 15.3. The maximum Gasteiger partial charge on any atom is 0.335 e. The third-order valence-corrected chi connectivity index (χ3v) is 5.59. The first-order valence-corrected chi connectivity index (χ1v) is 10.4. The molecule has 1 aromatic heterocycles. The molecule has 4 aromatic rings. The Kier molecular flexibility index (Phi) is 5.97. The van der Waals surface area contributed by atoms with Crippen LogP contribution in [0.15, 0.2) is 72.9 Å². The number of benzene rings is 3. The molecule has 0 unspecified atom stereocenters. The molecule has 1 heterocycles. The van der Waals surface area contributed by atoms with Gasteiger partial charge in [0.05, 0.1) is 22.7 Å². The van der Waals surface area contributed by atoms with E-state index in [2.05, 4.69) is 5.32 Å². The van der Waals surface area contributed by atoms with Crippen molar-refractivity contribution in [2.75, 3.05) is 0 Å². The highest BCUT2D eigenvalue weighted by molar-refractivity contribution is 6.30. The summed E-state index contributed by atoms with van der Waals surface area (Å²) in [5.41, 5.74) is 2.77. The smallest absolute Gasteiger partial charge is 0.335 e. The summed E-state index contributed by atoms with van der Waals surface area (Å²) >= 11 is 5.97. The van der Waals surface area contributed by atoms with E-state index >= 15 is 0 Å². The minimum absolute atomic E-state index is 0.166. The Morgan fingerprint density at radius 3 is 2.41 bits per heavy atom. The quantitative estimate of drug-likeness (QED) is 0.397. The van der Waals surface area contributed by atoms with Gasteiger partial charge in [-0.25, -0.2) is 9.18 Å². The van der Waals surface area contributed by atoms with Gasteiger partial charge in [-0.1, -0.05) is 35.9 Å². The average molecular weight is 451 g/mol. The van der Waals surface area contributed by atoms with Gasteiger partial charge >= 0.3 is 5.97 Å². The number of amides is 1. The topological polar surface area (TPSA) is 71.3 Å². The minimum atomic E-state index is -1.02. The van der Waals surface area contributed by atoms with Crippen LogP contribution < -0.4 is 5.32 Å². The number of carboxylic acids is 1. The molecule has 0 bridgehead atoms. The molecule has 162 valence electrons. The number of nitrogens with one attached hydrogen (secondary N) is 1. The minimum Gasteiger partial charge on any atom is -0.478 e. The number of aromatic carboxylic acids is 1. The predicted molar refractivity (Wildman–Crippen MR) is 122 cm³/mol. The Morgan fingerprint density at radius 2 is 1.75 bits per heavy atom. The van der Waals surface area contributed by atoms with Crippen molar-refractivity contribution in [3.05, 3.63) is 106 Å². The Hall–Kier alpha value is -3.64.